The van der Waals surface area contributed by atoms with Gasteiger partial charge in [-0.25, -0.2) is 9.97 Å². The molecule has 2 rings (SSSR count). The summed E-state index contributed by atoms with van der Waals surface area (Å²) in [6, 6.07) is 8.79. The third-order valence-electron chi connectivity index (χ3n) is 3.31. The third kappa shape index (κ3) is 6.09. The van der Waals surface area contributed by atoms with Gasteiger partial charge in [-0.3, -0.25) is 9.79 Å². The van der Waals surface area contributed by atoms with Gasteiger partial charge in [0.05, 0.1) is 12.5 Å². The molecule has 1 atom stereocenters. The Hall–Kier alpha value is -3.16. The second-order valence-electron chi connectivity index (χ2n) is 5.34. The van der Waals surface area contributed by atoms with Crippen molar-refractivity contribution in [3.8, 4) is 5.75 Å². The van der Waals surface area contributed by atoms with Crippen molar-refractivity contribution < 1.29 is 14.6 Å². The Morgan fingerprint density at radius 1 is 1.32 bits per heavy atom. The predicted octanol–water partition coefficient (Wildman–Crippen LogP) is 1.39. The molecule has 2 aromatic rings. The number of aliphatic carboxylic acids is 1. The zero-order chi connectivity index (χ0) is 18.1. The van der Waals surface area contributed by atoms with E-state index in [9.17, 15) is 4.79 Å². The van der Waals surface area contributed by atoms with Gasteiger partial charge in [-0.2, -0.15) is 0 Å². The molecular formula is C17H21N5O3. The Balaban J connectivity index is 1.80. The van der Waals surface area contributed by atoms with Gasteiger partial charge < -0.3 is 20.9 Å². The van der Waals surface area contributed by atoms with E-state index in [0.29, 0.717) is 30.6 Å². The lowest BCUT2D eigenvalue weighted by atomic mass is 10.2. The van der Waals surface area contributed by atoms with Gasteiger partial charge in [0.15, 0.2) is 0 Å². The van der Waals surface area contributed by atoms with Crippen LogP contribution >= 0.6 is 0 Å². The highest BCUT2D eigenvalue weighted by Crippen LogP contribution is 2.13. The summed E-state index contributed by atoms with van der Waals surface area (Å²) in [6.07, 6.45) is 3.32. The smallest absolute Gasteiger partial charge is 0.309 e. The number of ether oxygens (including phenoxy) is 1. The summed E-state index contributed by atoms with van der Waals surface area (Å²) in [5, 5.41) is 11.9. The third-order valence-corrected chi connectivity index (χ3v) is 3.31. The Labute approximate surface area is 145 Å². The van der Waals surface area contributed by atoms with Crippen LogP contribution in [-0.4, -0.2) is 46.6 Å². The molecule has 0 saturated carbocycles. The van der Waals surface area contributed by atoms with Crippen molar-refractivity contribution in [2.24, 2.45) is 16.6 Å². The molecule has 0 aliphatic heterocycles. The second kappa shape index (κ2) is 9.21. The summed E-state index contributed by atoms with van der Waals surface area (Å²) in [4.78, 5) is 23.2. The van der Waals surface area contributed by atoms with Gasteiger partial charge in [-0.1, -0.05) is 0 Å². The van der Waals surface area contributed by atoms with Crippen LogP contribution in [0.4, 0.5) is 5.95 Å². The van der Waals surface area contributed by atoms with Gasteiger partial charge in [-0.05, 0) is 37.3 Å². The highest BCUT2D eigenvalue weighted by atomic mass is 16.5. The summed E-state index contributed by atoms with van der Waals surface area (Å²) >= 11 is 0. The maximum Gasteiger partial charge on any atom is 0.309 e. The topological polar surface area (TPSA) is 123 Å². The summed E-state index contributed by atoms with van der Waals surface area (Å²) in [5.41, 5.74) is 6.73. The molecule has 8 heteroatoms. The molecular weight excluding hydrogens is 322 g/mol. The lowest BCUT2D eigenvalue weighted by Gasteiger charge is -2.10. The van der Waals surface area contributed by atoms with Crippen molar-refractivity contribution in [3.05, 3.63) is 48.3 Å². The zero-order valence-corrected chi connectivity index (χ0v) is 13.9. The molecule has 1 heterocycles. The van der Waals surface area contributed by atoms with Crippen LogP contribution in [0.1, 0.15) is 12.5 Å². The first-order valence-electron chi connectivity index (χ1n) is 7.83. The number of carboxylic acid groups (broad SMARTS) is 1. The highest BCUT2D eigenvalue weighted by molar-refractivity contribution is 5.97. The first kappa shape index (κ1) is 18.2. The lowest BCUT2D eigenvalue weighted by molar-refractivity contribution is -0.142. The van der Waals surface area contributed by atoms with Crippen LogP contribution < -0.4 is 15.8 Å². The standard InChI is InChI=1S/C17H21N5O3/c1-12(16(23)24)11-25-14-5-3-13(4-6-14)15(18)19-9-10-22-17-20-7-2-8-21-17/h2-8,12H,9-11H2,1H3,(H2,18,19)(H,23,24)(H,20,21,22). The van der Waals surface area contributed by atoms with Crippen molar-refractivity contribution in [2.45, 2.75) is 6.92 Å². The van der Waals surface area contributed by atoms with E-state index in [1.807, 2.05) is 0 Å². The SMILES string of the molecule is CC(COc1ccc(C(N)=NCCNc2ncccn2)cc1)C(=O)O. The van der Waals surface area contributed by atoms with Crippen molar-refractivity contribution in [1.29, 1.82) is 0 Å². The number of nitrogens with one attached hydrogen (secondary N) is 1. The number of aliphatic imine (C=N–C) groups is 1. The number of nitrogens with zero attached hydrogens (tertiary/aromatic N) is 3. The monoisotopic (exact) mass is 343 g/mol. The molecule has 25 heavy (non-hydrogen) atoms. The van der Waals surface area contributed by atoms with Crippen LogP contribution in [0.2, 0.25) is 0 Å². The molecule has 1 unspecified atom stereocenters. The van der Waals surface area contributed by atoms with Crippen molar-refractivity contribution >= 4 is 17.8 Å². The minimum Gasteiger partial charge on any atom is -0.493 e. The minimum atomic E-state index is -0.887. The number of nitrogens with two attached hydrogens (primary N) is 1. The fourth-order valence-electron chi connectivity index (χ4n) is 1.84. The predicted molar refractivity (Wildman–Crippen MR) is 94.8 cm³/mol. The van der Waals surface area contributed by atoms with Gasteiger partial charge in [0.2, 0.25) is 5.95 Å². The first-order valence-corrected chi connectivity index (χ1v) is 7.83. The van der Waals surface area contributed by atoms with E-state index < -0.39 is 11.9 Å². The lowest BCUT2D eigenvalue weighted by Crippen LogP contribution is -2.18. The number of carbonyl (C=O) groups is 1. The molecule has 8 nitrogen and oxygen atoms in total. The summed E-state index contributed by atoms with van der Waals surface area (Å²) in [7, 11) is 0. The van der Waals surface area contributed by atoms with Crippen molar-refractivity contribution in [1.82, 2.24) is 9.97 Å². The maximum absolute atomic E-state index is 10.8. The normalized spacial score (nSPS) is 12.4. The van der Waals surface area contributed by atoms with E-state index >= 15 is 0 Å². The van der Waals surface area contributed by atoms with Gasteiger partial charge in [0.1, 0.15) is 18.2 Å². The number of benzene rings is 1. The van der Waals surface area contributed by atoms with Gasteiger partial charge in [0, 0.05) is 24.5 Å². The van der Waals surface area contributed by atoms with Crippen LogP contribution in [0.3, 0.4) is 0 Å². The number of aromatic nitrogens is 2. The molecule has 0 spiro atoms. The van der Waals surface area contributed by atoms with E-state index in [1.54, 1.807) is 49.6 Å². The molecule has 0 bridgehead atoms. The zero-order valence-electron chi connectivity index (χ0n) is 13.9. The molecule has 0 aliphatic carbocycles. The fourth-order valence-corrected chi connectivity index (χ4v) is 1.84. The van der Waals surface area contributed by atoms with Crippen LogP contribution in [0.5, 0.6) is 5.75 Å². The summed E-state index contributed by atoms with van der Waals surface area (Å²) in [5.74, 6) is 0.108. The Bertz CT molecular complexity index is 704. The van der Waals surface area contributed by atoms with Gasteiger partial charge in [0.25, 0.3) is 0 Å². The van der Waals surface area contributed by atoms with Crippen molar-refractivity contribution in [2.75, 3.05) is 25.0 Å². The molecule has 0 radical (unpaired) electrons. The number of anilines is 1. The molecule has 1 aromatic carbocycles. The quantitative estimate of drug-likeness (QED) is 0.357. The van der Waals surface area contributed by atoms with Crippen molar-refractivity contribution in [3.63, 3.8) is 0 Å². The van der Waals surface area contributed by atoms with E-state index in [-0.39, 0.29) is 6.61 Å². The average Bonchev–Trinajstić information content (AvgIpc) is 2.64. The Morgan fingerprint density at radius 3 is 2.64 bits per heavy atom. The van der Waals surface area contributed by atoms with E-state index in [1.165, 1.54) is 0 Å². The molecule has 0 fully saturated rings. The number of hydrogen-bond acceptors (Lipinski definition) is 6. The minimum absolute atomic E-state index is 0.117. The molecule has 132 valence electrons. The molecule has 4 N–H and O–H groups in total. The number of carboxylic acids is 1. The molecule has 0 saturated heterocycles. The summed E-state index contributed by atoms with van der Waals surface area (Å²) < 4.78 is 5.43. The van der Waals surface area contributed by atoms with Crippen LogP contribution in [0, 0.1) is 5.92 Å². The van der Waals surface area contributed by atoms with Gasteiger partial charge >= 0.3 is 5.97 Å². The van der Waals surface area contributed by atoms with Crippen LogP contribution in [0.25, 0.3) is 0 Å². The molecule has 0 amide bonds. The van der Waals surface area contributed by atoms with Gasteiger partial charge in [-0.15, -0.1) is 0 Å². The Kier molecular flexibility index (Phi) is 6.70. The van der Waals surface area contributed by atoms with E-state index in [2.05, 4.69) is 20.3 Å². The van der Waals surface area contributed by atoms with E-state index in [4.69, 9.17) is 15.6 Å². The fraction of sp³-hybridized carbons (Fsp3) is 0.294. The second-order valence-corrected chi connectivity index (χ2v) is 5.34. The number of hydrogen-bond donors (Lipinski definition) is 3. The Morgan fingerprint density at radius 2 is 2.00 bits per heavy atom. The first-order chi connectivity index (χ1) is 12.1. The van der Waals surface area contributed by atoms with Crippen LogP contribution in [-0.2, 0) is 4.79 Å². The maximum atomic E-state index is 10.8. The molecule has 1 aromatic heterocycles. The average molecular weight is 343 g/mol. The van der Waals surface area contributed by atoms with Crippen LogP contribution in [0.15, 0.2) is 47.7 Å². The number of rotatable bonds is 9. The molecule has 0 aliphatic rings. The largest absolute Gasteiger partial charge is 0.493 e. The van der Waals surface area contributed by atoms with E-state index in [0.717, 1.165) is 5.56 Å². The highest BCUT2D eigenvalue weighted by Gasteiger charge is 2.11. The number of amidine groups is 1. The summed E-state index contributed by atoms with van der Waals surface area (Å²) in [6.45, 7) is 2.76.